The van der Waals surface area contributed by atoms with Gasteiger partial charge < -0.3 is 19.6 Å². The second kappa shape index (κ2) is 8.79. The number of methoxy groups -OCH3 is 1. The van der Waals surface area contributed by atoms with Crippen molar-refractivity contribution < 1.29 is 14.6 Å². The third-order valence-electron chi connectivity index (χ3n) is 4.93. The first-order chi connectivity index (χ1) is 11.9. The minimum Gasteiger partial charge on any atom is -0.383 e. The minimum atomic E-state index is -1.29. The van der Waals surface area contributed by atoms with Crippen LogP contribution in [-0.4, -0.2) is 66.8 Å². The monoisotopic (exact) mass is 348 g/mol. The SMILES string of the molecule is COCCN(C)C[C@@]1(O)CCCN(Cc2ccc(C(C)C)cc2)C1=O. The molecule has 0 saturated carbocycles. The molecule has 0 aromatic heterocycles. The third kappa shape index (κ3) is 5.27. The second-order valence-corrected chi connectivity index (χ2v) is 7.49. The van der Waals surface area contributed by atoms with Crippen LogP contribution in [0.1, 0.15) is 43.7 Å². The van der Waals surface area contributed by atoms with E-state index >= 15 is 0 Å². The zero-order chi connectivity index (χ0) is 18.4. The van der Waals surface area contributed by atoms with Crippen LogP contribution in [0.5, 0.6) is 0 Å². The van der Waals surface area contributed by atoms with Gasteiger partial charge in [-0.1, -0.05) is 38.1 Å². The van der Waals surface area contributed by atoms with Crippen molar-refractivity contribution in [3.8, 4) is 0 Å². The van der Waals surface area contributed by atoms with E-state index < -0.39 is 5.60 Å². The van der Waals surface area contributed by atoms with Crippen LogP contribution in [0.3, 0.4) is 0 Å². The van der Waals surface area contributed by atoms with Gasteiger partial charge in [-0.2, -0.15) is 0 Å². The highest BCUT2D eigenvalue weighted by atomic mass is 16.5. The fraction of sp³-hybridized carbons (Fsp3) is 0.650. The van der Waals surface area contributed by atoms with E-state index in [2.05, 4.69) is 38.1 Å². The molecule has 1 aromatic rings. The van der Waals surface area contributed by atoms with Crippen molar-refractivity contribution in [2.45, 2.75) is 44.8 Å². The Kier molecular flexibility index (Phi) is 6.99. The van der Waals surface area contributed by atoms with Gasteiger partial charge in [0.15, 0.2) is 5.60 Å². The molecule has 0 spiro atoms. The lowest BCUT2D eigenvalue weighted by atomic mass is 9.90. The summed E-state index contributed by atoms with van der Waals surface area (Å²) in [5.74, 6) is 0.342. The second-order valence-electron chi connectivity index (χ2n) is 7.49. The summed E-state index contributed by atoms with van der Waals surface area (Å²) < 4.78 is 5.07. The maximum atomic E-state index is 12.9. The van der Waals surface area contributed by atoms with Crippen molar-refractivity contribution in [3.05, 3.63) is 35.4 Å². The van der Waals surface area contributed by atoms with Crippen LogP contribution in [0.2, 0.25) is 0 Å². The summed E-state index contributed by atoms with van der Waals surface area (Å²) in [6.07, 6.45) is 1.34. The Bertz CT molecular complexity index is 559. The fourth-order valence-corrected chi connectivity index (χ4v) is 3.36. The van der Waals surface area contributed by atoms with Gasteiger partial charge in [-0.3, -0.25) is 4.79 Å². The molecule has 5 heteroatoms. The van der Waals surface area contributed by atoms with E-state index in [1.807, 2.05) is 11.9 Å². The molecular formula is C20H32N2O3. The first-order valence-electron chi connectivity index (χ1n) is 9.14. The van der Waals surface area contributed by atoms with Gasteiger partial charge in [0.05, 0.1) is 6.61 Å². The zero-order valence-corrected chi connectivity index (χ0v) is 16.0. The molecule has 1 saturated heterocycles. The molecule has 5 nitrogen and oxygen atoms in total. The maximum Gasteiger partial charge on any atom is 0.256 e. The number of benzene rings is 1. The van der Waals surface area contributed by atoms with Gasteiger partial charge in [0, 0.05) is 33.3 Å². The molecule has 0 aliphatic carbocycles. The predicted molar refractivity (Wildman–Crippen MR) is 99.5 cm³/mol. The molecule has 1 amide bonds. The lowest BCUT2D eigenvalue weighted by Gasteiger charge is -2.40. The number of amides is 1. The van der Waals surface area contributed by atoms with Crippen LogP contribution in [0.15, 0.2) is 24.3 Å². The zero-order valence-electron chi connectivity index (χ0n) is 16.0. The molecule has 140 valence electrons. The standard InChI is InChI=1S/C20H32N2O3/c1-16(2)18-8-6-17(7-9-18)14-22-11-5-10-20(24,19(22)23)15-21(3)12-13-25-4/h6-9,16,24H,5,10-15H2,1-4H3/t20-/m0/s1. The van der Waals surface area contributed by atoms with E-state index in [1.54, 1.807) is 12.0 Å². The Morgan fingerprint density at radius 1 is 1.32 bits per heavy atom. The van der Waals surface area contributed by atoms with Crippen LogP contribution in [0.25, 0.3) is 0 Å². The molecular weight excluding hydrogens is 316 g/mol. The number of likely N-dealkylation sites (N-methyl/N-ethyl adjacent to an activating group) is 1. The number of carbonyl (C=O) groups excluding carboxylic acids is 1. The van der Waals surface area contributed by atoms with Crippen molar-refractivity contribution >= 4 is 5.91 Å². The van der Waals surface area contributed by atoms with Gasteiger partial charge in [-0.05, 0) is 36.9 Å². The van der Waals surface area contributed by atoms with Crippen LogP contribution in [0.4, 0.5) is 0 Å². The third-order valence-corrected chi connectivity index (χ3v) is 4.93. The number of hydrogen-bond acceptors (Lipinski definition) is 4. The molecule has 25 heavy (non-hydrogen) atoms. The lowest BCUT2D eigenvalue weighted by Crippen LogP contribution is -2.58. The topological polar surface area (TPSA) is 53.0 Å². The van der Waals surface area contributed by atoms with Gasteiger partial charge in [-0.25, -0.2) is 0 Å². The summed E-state index contributed by atoms with van der Waals surface area (Å²) in [5.41, 5.74) is 1.11. The molecule has 1 aromatic carbocycles. The normalized spacial score (nSPS) is 21.4. The van der Waals surface area contributed by atoms with Crippen molar-refractivity contribution in [3.63, 3.8) is 0 Å². The molecule has 2 rings (SSSR count). The van der Waals surface area contributed by atoms with Crippen LogP contribution in [-0.2, 0) is 16.1 Å². The van der Waals surface area contributed by atoms with Gasteiger partial charge >= 0.3 is 0 Å². The highest BCUT2D eigenvalue weighted by Crippen LogP contribution is 2.25. The minimum absolute atomic E-state index is 0.157. The Morgan fingerprint density at radius 3 is 2.60 bits per heavy atom. The van der Waals surface area contributed by atoms with Gasteiger partial charge in [0.1, 0.15) is 0 Å². The van der Waals surface area contributed by atoms with E-state index in [4.69, 9.17) is 4.74 Å². The highest BCUT2D eigenvalue weighted by Gasteiger charge is 2.42. The summed E-state index contributed by atoms with van der Waals surface area (Å²) in [7, 11) is 3.56. The number of hydrogen-bond donors (Lipinski definition) is 1. The average Bonchev–Trinajstić information content (AvgIpc) is 2.58. The van der Waals surface area contributed by atoms with Gasteiger partial charge in [-0.15, -0.1) is 0 Å². The number of ether oxygens (including phenoxy) is 1. The molecule has 0 bridgehead atoms. The Labute approximate surface area is 151 Å². The Hall–Kier alpha value is -1.43. The van der Waals surface area contributed by atoms with Gasteiger partial charge in [0.2, 0.25) is 0 Å². The molecule has 1 aliphatic rings. The Balaban J connectivity index is 2.00. The van der Waals surface area contributed by atoms with Crippen molar-refractivity contribution in [1.29, 1.82) is 0 Å². The quantitative estimate of drug-likeness (QED) is 0.783. The van der Waals surface area contributed by atoms with Crippen molar-refractivity contribution in [2.24, 2.45) is 0 Å². The van der Waals surface area contributed by atoms with Gasteiger partial charge in [0.25, 0.3) is 5.91 Å². The number of carbonyl (C=O) groups is 1. The summed E-state index contributed by atoms with van der Waals surface area (Å²) in [6, 6.07) is 8.42. The lowest BCUT2D eigenvalue weighted by molar-refractivity contribution is -0.160. The smallest absolute Gasteiger partial charge is 0.256 e. The molecule has 0 radical (unpaired) electrons. The van der Waals surface area contributed by atoms with Crippen molar-refractivity contribution in [2.75, 3.05) is 40.4 Å². The number of nitrogens with zero attached hydrogens (tertiary/aromatic N) is 2. The summed E-state index contributed by atoms with van der Waals surface area (Å²) in [6.45, 7) is 7.23. The molecule has 1 atom stereocenters. The van der Waals surface area contributed by atoms with E-state index in [0.29, 0.717) is 45.1 Å². The van der Waals surface area contributed by atoms with Crippen LogP contribution < -0.4 is 0 Å². The fourth-order valence-electron chi connectivity index (χ4n) is 3.36. The molecule has 0 unspecified atom stereocenters. The van der Waals surface area contributed by atoms with Crippen LogP contribution in [0, 0.1) is 0 Å². The molecule has 1 fully saturated rings. The number of likely N-dealkylation sites (tertiary alicyclic amines) is 1. The summed E-state index contributed by atoms with van der Waals surface area (Å²) in [4.78, 5) is 16.6. The molecule has 1 aliphatic heterocycles. The van der Waals surface area contributed by atoms with E-state index in [0.717, 1.165) is 12.0 Å². The number of piperidine rings is 1. The summed E-state index contributed by atoms with van der Waals surface area (Å²) in [5, 5.41) is 10.9. The highest BCUT2D eigenvalue weighted by molar-refractivity contribution is 5.86. The number of rotatable bonds is 8. The maximum absolute atomic E-state index is 12.9. The Morgan fingerprint density at radius 2 is 2.00 bits per heavy atom. The van der Waals surface area contributed by atoms with E-state index in [1.165, 1.54) is 5.56 Å². The first-order valence-corrected chi connectivity index (χ1v) is 9.14. The predicted octanol–water partition coefficient (Wildman–Crippen LogP) is 2.24. The van der Waals surface area contributed by atoms with Crippen LogP contribution >= 0.6 is 0 Å². The molecule has 1 N–H and O–H groups in total. The number of aliphatic hydroxyl groups is 1. The molecule has 1 heterocycles. The first kappa shape index (κ1) is 19.9. The summed E-state index contributed by atoms with van der Waals surface area (Å²) >= 11 is 0. The van der Waals surface area contributed by atoms with Crippen molar-refractivity contribution in [1.82, 2.24) is 9.80 Å². The largest absolute Gasteiger partial charge is 0.383 e. The van der Waals surface area contributed by atoms with E-state index in [9.17, 15) is 9.90 Å². The average molecular weight is 348 g/mol. The van der Waals surface area contributed by atoms with E-state index in [-0.39, 0.29) is 5.91 Å².